The molecule has 7 nitrogen and oxygen atoms in total. The number of anilines is 2. The lowest BCUT2D eigenvalue weighted by atomic mass is 9.96. The molecule has 0 saturated carbocycles. The fourth-order valence-corrected chi connectivity index (χ4v) is 3.53. The number of aliphatic hydroxyl groups is 1. The number of hydrogen-bond donors (Lipinski definition) is 2. The molecule has 2 unspecified atom stereocenters. The number of amides is 1. The molecule has 1 aliphatic heterocycles. The Hall–Kier alpha value is -3.57. The summed E-state index contributed by atoms with van der Waals surface area (Å²) >= 11 is 0. The third kappa shape index (κ3) is 4.07. The number of aliphatic hydroxyl groups excluding tert-OH is 1. The summed E-state index contributed by atoms with van der Waals surface area (Å²) in [5, 5.41) is 12.8. The molecule has 4 rings (SSSR count). The van der Waals surface area contributed by atoms with Gasteiger partial charge in [0, 0.05) is 30.9 Å². The van der Waals surface area contributed by atoms with Crippen LogP contribution in [0.5, 0.6) is 0 Å². The zero-order valence-corrected chi connectivity index (χ0v) is 16.4. The van der Waals surface area contributed by atoms with E-state index in [1.54, 1.807) is 18.5 Å². The molecular weight excluding hydrogens is 385 g/mol. The molecule has 2 N–H and O–H groups in total. The standard InChI is InChI=1S/C22H20FN5O2/c1-14-13-28(11-7-20(14)29)19-6-10-25-12-18(19)27-22(30)17-3-2-16(23)21(26-17)15-4-8-24-9-5-15/h2-6,8,10,12,14,20,29H,7,11,13H2,1H3/p+1. The predicted octanol–water partition coefficient (Wildman–Crippen LogP) is 2.14. The Bertz CT molecular complexity index is 1050. The van der Waals surface area contributed by atoms with Gasteiger partial charge in [-0.15, -0.1) is 0 Å². The summed E-state index contributed by atoms with van der Waals surface area (Å²) in [6.07, 6.45) is 7.69. The van der Waals surface area contributed by atoms with Gasteiger partial charge in [0.2, 0.25) is 0 Å². The van der Waals surface area contributed by atoms with E-state index in [4.69, 9.17) is 0 Å². The van der Waals surface area contributed by atoms with Gasteiger partial charge in [-0.25, -0.2) is 9.37 Å². The smallest absolute Gasteiger partial charge is 0.312 e. The van der Waals surface area contributed by atoms with E-state index in [0.717, 1.165) is 5.69 Å². The van der Waals surface area contributed by atoms with Gasteiger partial charge in [-0.3, -0.25) is 9.78 Å². The summed E-state index contributed by atoms with van der Waals surface area (Å²) in [7, 11) is 0. The summed E-state index contributed by atoms with van der Waals surface area (Å²) in [5.41, 5.74) is 1.99. The highest BCUT2D eigenvalue weighted by atomic mass is 19.1. The molecule has 4 heterocycles. The van der Waals surface area contributed by atoms with Gasteiger partial charge >= 0.3 is 12.4 Å². The first-order valence-corrected chi connectivity index (χ1v) is 9.70. The maximum atomic E-state index is 14.3. The fourth-order valence-electron chi connectivity index (χ4n) is 3.53. The summed E-state index contributed by atoms with van der Waals surface area (Å²) in [4.78, 5) is 27.1. The number of piperidine rings is 1. The second-order valence-corrected chi connectivity index (χ2v) is 7.33. The first-order valence-electron chi connectivity index (χ1n) is 9.70. The van der Waals surface area contributed by atoms with Crippen LogP contribution in [-0.4, -0.2) is 40.2 Å². The van der Waals surface area contributed by atoms with Crippen LogP contribution >= 0.6 is 0 Å². The first kappa shape index (κ1) is 19.7. The van der Waals surface area contributed by atoms with E-state index < -0.39 is 11.7 Å². The Labute approximate surface area is 173 Å². The lowest BCUT2D eigenvalue weighted by molar-refractivity contribution is -0.293. The lowest BCUT2D eigenvalue weighted by Crippen LogP contribution is -2.42. The van der Waals surface area contributed by atoms with Gasteiger partial charge in [0.1, 0.15) is 17.2 Å². The van der Waals surface area contributed by atoms with Crippen molar-refractivity contribution in [2.75, 3.05) is 23.3 Å². The van der Waals surface area contributed by atoms with E-state index in [9.17, 15) is 14.3 Å². The number of pyridine rings is 2. The Morgan fingerprint density at radius 2 is 2.23 bits per heavy atom. The largest absolute Gasteiger partial charge is 0.393 e. The van der Waals surface area contributed by atoms with Crippen LogP contribution < -0.4 is 15.2 Å². The summed E-state index contributed by atoms with van der Waals surface area (Å²) in [5.74, 6) is -0.878. The third-order valence-electron chi connectivity index (χ3n) is 5.22. The topological polar surface area (TPSA) is 92.5 Å². The van der Waals surface area contributed by atoms with Crippen molar-refractivity contribution in [1.29, 1.82) is 0 Å². The molecule has 3 aromatic heterocycles. The van der Waals surface area contributed by atoms with Crippen LogP contribution in [0.1, 0.15) is 23.8 Å². The van der Waals surface area contributed by atoms with E-state index in [0.29, 0.717) is 30.8 Å². The third-order valence-corrected chi connectivity index (χ3v) is 5.22. The van der Waals surface area contributed by atoms with Crippen LogP contribution in [0.25, 0.3) is 11.3 Å². The van der Waals surface area contributed by atoms with E-state index >= 15 is 0 Å². The molecule has 1 saturated heterocycles. The molecule has 0 bridgehead atoms. The van der Waals surface area contributed by atoms with Crippen molar-refractivity contribution in [3.8, 4) is 11.3 Å². The van der Waals surface area contributed by atoms with Crippen molar-refractivity contribution in [2.45, 2.75) is 19.4 Å². The van der Waals surface area contributed by atoms with Crippen LogP contribution in [0, 0.1) is 17.9 Å². The Morgan fingerprint density at radius 1 is 1.37 bits per heavy atom. The molecular formula is C22H21FN5O2+. The fraction of sp³-hybridized carbons (Fsp3) is 0.273. The van der Waals surface area contributed by atoms with Gasteiger partial charge < -0.3 is 15.3 Å². The average Bonchev–Trinajstić information content (AvgIpc) is 2.77. The van der Waals surface area contributed by atoms with E-state index in [2.05, 4.69) is 31.4 Å². The highest BCUT2D eigenvalue weighted by Crippen LogP contribution is 2.29. The summed E-state index contributed by atoms with van der Waals surface area (Å²) < 4.78 is 14.3. The van der Waals surface area contributed by atoms with Gasteiger partial charge in [0.15, 0.2) is 0 Å². The average molecular weight is 406 g/mol. The maximum Gasteiger partial charge on any atom is 0.312 e. The van der Waals surface area contributed by atoms with Crippen LogP contribution in [-0.2, 0) is 0 Å². The zero-order chi connectivity index (χ0) is 21.1. The molecule has 1 fully saturated rings. The van der Waals surface area contributed by atoms with Gasteiger partial charge in [-0.1, -0.05) is 6.92 Å². The van der Waals surface area contributed by atoms with Gasteiger partial charge in [-0.05, 0) is 35.5 Å². The number of rotatable bonds is 4. The zero-order valence-electron chi connectivity index (χ0n) is 16.4. The second-order valence-electron chi connectivity index (χ2n) is 7.33. The molecule has 0 radical (unpaired) electrons. The van der Waals surface area contributed by atoms with Crippen molar-refractivity contribution in [1.82, 2.24) is 9.97 Å². The van der Waals surface area contributed by atoms with Crippen LogP contribution in [0.4, 0.5) is 15.8 Å². The summed E-state index contributed by atoms with van der Waals surface area (Å²) in [6, 6.07) is 7.51. The Morgan fingerprint density at radius 3 is 3.00 bits per heavy atom. The number of nitrogens with one attached hydrogen (secondary N) is 1. The molecule has 1 amide bonds. The van der Waals surface area contributed by atoms with Crippen molar-refractivity contribution in [3.63, 3.8) is 0 Å². The predicted molar refractivity (Wildman–Crippen MR) is 108 cm³/mol. The van der Waals surface area contributed by atoms with E-state index in [1.807, 2.05) is 13.0 Å². The van der Waals surface area contributed by atoms with Gasteiger partial charge in [-0.2, -0.15) is 0 Å². The molecule has 3 aromatic rings. The molecule has 30 heavy (non-hydrogen) atoms. The molecule has 0 aromatic carbocycles. The Kier molecular flexibility index (Phi) is 5.55. The number of aromatic nitrogens is 3. The second kappa shape index (κ2) is 8.43. The van der Waals surface area contributed by atoms with Gasteiger partial charge in [0.25, 0.3) is 5.91 Å². The Balaban J connectivity index is 1.58. The molecule has 1 aliphatic rings. The highest BCUT2D eigenvalue weighted by molar-refractivity contribution is 6.04. The minimum Gasteiger partial charge on any atom is -0.393 e. The van der Waals surface area contributed by atoms with Crippen molar-refractivity contribution in [2.24, 2.45) is 5.92 Å². The quantitative estimate of drug-likeness (QED) is 0.690. The van der Waals surface area contributed by atoms with E-state index in [-0.39, 0.29) is 23.4 Å². The monoisotopic (exact) mass is 406 g/mol. The molecule has 0 spiro atoms. The lowest BCUT2D eigenvalue weighted by Gasteiger charge is -2.36. The molecule has 2 atom stereocenters. The van der Waals surface area contributed by atoms with Crippen molar-refractivity contribution < 1.29 is 19.3 Å². The number of nitrogens with zero attached hydrogens (tertiary/aromatic N) is 4. The normalized spacial score (nSPS) is 18.6. The SMILES string of the molecule is CC1CN(c2ccncc2NC(=O)c2ccc(F)c(-c3cc#[n+]cc3)n2)CCC1O. The minimum absolute atomic E-state index is 0.0616. The summed E-state index contributed by atoms with van der Waals surface area (Å²) in [6.45, 7) is 3.35. The molecule has 0 aliphatic carbocycles. The van der Waals surface area contributed by atoms with Crippen molar-refractivity contribution >= 4 is 17.3 Å². The van der Waals surface area contributed by atoms with Crippen LogP contribution in [0.2, 0.25) is 0 Å². The molecule has 152 valence electrons. The van der Waals surface area contributed by atoms with Crippen LogP contribution in [0.3, 0.4) is 0 Å². The number of hydrogen-bond acceptors (Lipinski definition) is 5. The van der Waals surface area contributed by atoms with Gasteiger partial charge in [0.05, 0.1) is 29.7 Å². The number of carbonyl (C=O) groups excluding carboxylic acids is 1. The highest BCUT2D eigenvalue weighted by Gasteiger charge is 2.26. The number of carbonyl (C=O) groups is 1. The molecule has 8 heteroatoms. The maximum absolute atomic E-state index is 14.3. The van der Waals surface area contributed by atoms with Crippen molar-refractivity contribution in [3.05, 3.63) is 66.6 Å². The van der Waals surface area contributed by atoms with E-state index in [1.165, 1.54) is 24.4 Å². The van der Waals surface area contributed by atoms with Crippen LogP contribution in [0.15, 0.2) is 48.9 Å². The minimum atomic E-state index is -0.533. The number of halogens is 1. The first-order chi connectivity index (χ1) is 14.5.